The highest BCUT2D eigenvalue weighted by molar-refractivity contribution is 7.09. The largest absolute Gasteiger partial charge is 0.311 e. The fourth-order valence-corrected chi connectivity index (χ4v) is 2.81. The molecule has 1 fully saturated rings. The van der Waals surface area contributed by atoms with Crippen LogP contribution in [0.2, 0.25) is 0 Å². The van der Waals surface area contributed by atoms with E-state index in [4.69, 9.17) is 0 Å². The summed E-state index contributed by atoms with van der Waals surface area (Å²) in [6.07, 6.45) is 3.13. The molecule has 3 unspecified atom stereocenters. The molecule has 2 heterocycles. The number of aromatic nitrogens is 1. The zero-order chi connectivity index (χ0) is 8.55. The molecule has 0 radical (unpaired) electrons. The molecule has 1 aromatic heterocycles. The van der Waals surface area contributed by atoms with E-state index in [9.17, 15) is 0 Å². The predicted octanol–water partition coefficient (Wildman–Crippen LogP) is 2.00. The summed E-state index contributed by atoms with van der Waals surface area (Å²) in [5.41, 5.74) is 0. The molecule has 2 rings (SSSR count). The molecule has 0 bridgehead atoms. The fourth-order valence-electron chi connectivity index (χ4n) is 1.95. The lowest BCUT2D eigenvalue weighted by Crippen LogP contribution is -2.26. The maximum atomic E-state index is 4.36. The van der Waals surface area contributed by atoms with Gasteiger partial charge in [0.25, 0.3) is 0 Å². The Morgan fingerprint density at radius 1 is 1.58 bits per heavy atom. The van der Waals surface area contributed by atoms with Crippen molar-refractivity contribution in [1.82, 2.24) is 10.3 Å². The van der Waals surface area contributed by atoms with Gasteiger partial charge in [-0.1, -0.05) is 0 Å². The van der Waals surface area contributed by atoms with Crippen molar-refractivity contribution in [3.63, 3.8) is 0 Å². The monoisotopic (exact) mass is 182 g/mol. The quantitative estimate of drug-likeness (QED) is 0.718. The van der Waals surface area contributed by atoms with Crippen LogP contribution < -0.4 is 5.32 Å². The van der Waals surface area contributed by atoms with Crippen LogP contribution in [0.3, 0.4) is 0 Å². The van der Waals surface area contributed by atoms with Gasteiger partial charge in [0.2, 0.25) is 0 Å². The average Bonchev–Trinajstić information content (AvgIpc) is 2.58. The third kappa shape index (κ3) is 1.39. The lowest BCUT2D eigenvalue weighted by Gasteiger charge is -2.10. The zero-order valence-corrected chi connectivity index (χ0v) is 8.27. The van der Waals surface area contributed by atoms with E-state index in [1.54, 1.807) is 11.3 Å². The van der Waals surface area contributed by atoms with E-state index in [1.165, 1.54) is 11.4 Å². The second-order valence-corrected chi connectivity index (χ2v) is 4.50. The van der Waals surface area contributed by atoms with Gasteiger partial charge in [0.15, 0.2) is 0 Å². The number of thiazole rings is 1. The molecule has 0 spiro atoms. The van der Waals surface area contributed by atoms with Crippen molar-refractivity contribution in [3.8, 4) is 0 Å². The van der Waals surface area contributed by atoms with Gasteiger partial charge >= 0.3 is 0 Å². The number of hydrogen-bond acceptors (Lipinski definition) is 3. The van der Waals surface area contributed by atoms with Gasteiger partial charge in [-0.3, -0.25) is 0 Å². The highest BCUT2D eigenvalue weighted by Gasteiger charge is 2.30. The smallest absolute Gasteiger partial charge is 0.0971 e. The summed E-state index contributed by atoms with van der Waals surface area (Å²) < 4.78 is 0. The van der Waals surface area contributed by atoms with Crippen LogP contribution in [0.5, 0.6) is 0 Å². The Labute approximate surface area is 77.0 Å². The Bertz CT molecular complexity index is 245. The Morgan fingerprint density at radius 3 is 2.92 bits per heavy atom. The fraction of sp³-hybridized carbons (Fsp3) is 0.667. The van der Waals surface area contributed by atoms with Gasteiger partial charge in [0.1, 0.15) is 0 Å². The molecule has 3 heteroatoms. The molecule has 1 saturated heterocycles. The molecule has 0 aromatic carbocycles. The number of nitrogens with zero attached hydrogens (tertiary/aromatic N) is 1. The lowest BCUT2D eigenvalue weighted by atomic mass is 10.0. The van der Waals surface area contributed by atoms with E-state index in [-0.39, 0.29) is 0 Å². The molecular formula is C9H14N2S. The minimum Gasteiger partial charge on any atom is -0.311 e. The Morgan fingerprint density at radius 2 is 2.42 bits per heavy atom. The molecular weight excluding hydrogens is 168 g/mol. The van der Waals surface area contributed by atoms with Crippen LogP contribution in [0.15, 0.2) is 11.6 Å². The topological polar surface area (TPSA) is 24.9 Å². The summed E-state index contributed by atoms with van der Waals surface area (Å²) >= 11 is 1.77. The Kier molecular flexibility index (Phi) is 2.15. The number of hydrogen-bond donors (Lipinski definition) is 1. The van der Waals surface area contributed by atoms with Gasteiger partial charge in [-0.25, -0.2) is 4.98 Å². The van der Waals surface area contributed by atoms with Crippen molar-refractivity contribution < 1.29 is 0 Å². The van der Waals surface area contributed by atoms with E-state index in [1.807, 2.05) is 6.20 Å². The first kappa shape index (κ1) is 8.20. The van der Waals surface area contributed by atoms with Gasteiger partial charge in [-0.05, 0) is 20.3 Å². The summed E-state index contributed by atoms with van der Waals surface area (Å²) in [5, 5.41) is 6.87. The summed E-state index contributed by atoms with van der Waals surface area (Å²) in [5.74, 6) is 0.639. The third-order valence-electron chi connectivity index (χ3n) is 2.53. The molecule has 0 saturated carbocycles. The predicted molar refractivity (Wildman–Crippen MR) is 51.5 cm³/mol. The van der Waals surface area contributed by atoms with E-state index < -0.39 is 0 Å². The standard InChI is InChI=1S/C9H14N2S/c1-6-5-8(7(2)11-6)9-10-3-4-12-9/h3-4,6-8,11H,5H2,1-2H3. The molecule has 0 aliphatic carbocycles. The second-order valence-electron chi connectivity index (χ2n) is 3.57. The van der Waals surface area contributed by atoms with E-state index >= 15 is 0 Å². The van der Waals surface area contributed by atoms with Gasteiger partial charge in [-0.2, -0.15) is 0 Å². The van der Waals surface area contributed by atoms with Crippen molar-refractivity contribution >= 4 is 11.3 Å². The summed E-state index contributed by atoms with van der Waals surface area (Å²) in [4.78, 5) is 4.36. The SMILES string of the molecule is CC1CC(c2nccs2)C(C)N1. The number of rotatable bonds is 1. The van der Waals surface area contributed by atoms with Gasteiger partial charge < -0.3 is 5.32 Å². The highest BCUT2D eigenvalue weighted by atomic mass is 32.1. The maximum absolute atomic E-state index is 4.36. The first-order chi connectivity index (χ1) is 5.77. The Hall–Kier alpha value is -0.410. The van der Waals surface area contributed by atoms with Crippen LogP contribution >= 0.6 is 11.3 Å². The molecule has 2 nitrogen and oxygen atoms in total. The summed E-state index contributed by atoms with van der Waals surface area (Å²) in [7, 11) is 0. The molecule has 1 N–H and O–H groups in total. The van der Waals surface area contributed by atoms with Gasteiger partial charge in [0.05, 0.1) is 5.01 Å². The van der Waals surface area contributed by atoms with Crippen molar-refractivity contribution in [2.75, 3.05) is 0 Å². The first-order valence-corrected chi connectivity index (χ1v) is 5.31. The van der Waals surface area contributed by atoms with E-state index in [2.05, 4.69) is 29.5 Å². The molecule has 3 atom stereocenters. The highest BCUT2D eigenvalue weighted by Crippen LogP contribution is 2.31. The summed E-state index contributed by atoms with van der Waals surface area (Å²) in [6, 6.07) is 1.24. The van der Waals surface area contributed by atoms with Crippen LogP contribution in [-0.2, 0) is 0 Å². The van der Waals surface area contributed by atoms with Crippen LogP contribution in [0.4, 0.5) is 0 Å². The molecule has 66 valence electrons. The molecule has 1 aliphatic rings. The lowest BCUT2D eigenvalue weighted by molar-refractivity contribution is 0.573. The van der Waals surface area contributed by atoms with Crippen molar-refractivity contribution in [3.05, 3.63) is 16.6 Å². The molecule has 1 aliphatic heterocycles. The Balaban J connectivity index is 2.15. The van der Waals surface area contributed by atoms with Crippen LogP contribution in [-0.4, -0.2) is 17.1 Å². The van der Waals surface area contributed by atoms with Crippen LogP contribution in [0.25, 0.3) is 0 Å². The van der Waals surface area contributed by atoms with Crippen molar-refractivity contribution in [2.24, 2.45) is 0 Å². The normalized spacial score (nSPS) is 35.7. The zero-order valence-electron chi connectivity index (χ0n) is 7.45. The molecule has 12 heavy (non-hydrogen) atoms. The number of nitrogens with one attached hydrogen (secondary N) is 1. The minimum absolute atomic E-state index is 0.589. The minimum atomic E-state index is 0.589. The molecule has 1 aromatic rings. The third-order valence-corrected chi connectivity index (χ3v) is 3.43. The van der Waals surface area contributed by atoms with Crippen molar-refractivity contribution in [1.29, 1.82) is 0 Å². The van der Waals surface area contributed by atoms with Crippen LogP contribution in [0, 0.1) is 0 Å². The average molecular weight is 182 g/mol. The van der Waals surface area contributed by atoms with Crippen LogP contribution in [0.1, 0.15) is 31.2 Å². The van der Waals surface area contributed by atoms with E-state index in [0.717, 1.165) is 0 Å². The first-order valence-electron chi connectivity index (χ1n) is 4.43. The molecule has 0 amide bonds. The summed E-state index contributed by atoms with van der Waals surface area (Å²) in [6.45, 7) is 4.49. The maximum Gasteiger partial charge on any atom is 0.0971 e. The second kappa shape index (κ2) is 3.15. The van der Waals surface area contributed by atoms with E-state index in [0.29, 0.717) is 18.0 Å². The van der Waals surface area contributed by atoms with Gasteiger partial charge in [-0.15, -0.1) is 11.3 Å². The van der Waals surface area contributed by atoms with Crippen molar-refractivity contribution in [2.45, 2.75) is 38.3 Å². The van der Waals surface area contributed by atoms with Gasteiger partial charge in [0, 0.05) is 29.6 Å².